The van der Waals surface area contributed by atoms with Gasteiger partial charge >= 0.3 is 0 Å². The first-order valence-corrected chi connectivity index (χ1v) is 11.7. The second-order valence-corrected chi connectivity index (χ2v) is 9.41. The summed E-state index contributed by atoms with van der Waals surface area (Å²) in [6.07, 6.45) is 0.729. The van der Waals surface area contributed by atoms with E-state index >= 15 is 0 Å². The largest absolute Gasteiger partial charge is 0.459 e. The highest BCUT2D eigenvalue weighted by Crippen LogP contribution is 2.25. The molecule has 1 aliphatic rings. The number of sulfone groups is 1. The molecule has 2 heterocycles. The molecule has 1 aliphatic heterocycles. The quantitative estimate of drug-likeness (QED) is 0.278. The van der Waals surface area contributed by atoms with Crippen molar-refractivity contribution in [2.24, 2.45) is 4.99 Å². The number of hydrogen-bond donors (Lipinski definition) is 3. The van der Waals surface area contributed by atoms with Gasteiger partial charge in [0, 0.05) is 36.5 Å². The molecule has 1 aromatic carbocycles. The number of furan rings is 1. The lowest BCUT2D eigenvalue weighted by Gasteiger charge is -2.13. The molecule has 3 rings (SSSR count). The van der Waals surface area contributed by atoms with Gasteiger partial charge in [0.2, 0.25) is 5.91 Å². The number of para-hydroxylation sites is 1. The summed E-state index contributed by atoms with van der Waals surface area (Å²) in [7, 11) is -3.00. The molecule has 1 aromatic heterocycles. The van der Waals surface area contributed by atoms with E-state index in [0.717, 1.165) is 22.3 Å². The Morgan fingerprint density at radius 1 is 1.27 bits per heavy atom. The molecule has 1 amide bonds. The SMILES string of the molecule is CCNC(=NCc1oc2ccccc2c1C)NCCC(=O)NC1CCS(=O)(=O)C1.I. The van der Waals surface area contributed by atoms with Crippen molar-refractivity contribution >= 4 is 56.6 Å². The molecular formula is C20H29IN4O4S. The van der Waals surface area contributed by atoms with Gasteiger partial charge in [-0.05, 0) is 26.3 Å². The lowest BCUT2D eigenvalue weighted by atomic mass is 10.1. The summed E-state index contributed by atoms with van der Waals surface area (Å²) in [4.78, 5) is 16.6. The third-order valence-electron chi connectivity index (χ3n) is 4.91. The standard InChI is InChI=1S/C20H28N4O4S.HI/c1-3-21-20(22-10-8-19(25)24-15-9-11-29(26,27)13-15)23-12-18-14(2)16-6-4-5-7-17(16)28-18;/h4-7,15H,3,8-13H2,1-2H3,(H,24,25)(H2,21,22,23);1H. The highest BCUT2D eigenvalue weighted by atomic mass is 127. The van der Waals surface area contributed by atoms with Gasteiger partial charge in [0.1, 0.15) is 17.9 Å². The molecule has 0 saturated carbocycles. The summed E-state index contributed by atoms with van der Waals surface area (Å²) >= 11 is 0. The fourth-order valence-electron chi connectivity index (χ4n) is 3.37. The predicted molar refractivity (Wildman–Crippen MR) is 129 cm³/mol. The van der Waals surface area contributed by atoms with Crippen LogP contribution in [0.25, 0.3) is 11.0 Å². The third-order valence-corrected chi connectivity index (χ3v) is 6.68. The third kappa shape index (κ3) is 6.59. The van der Waals surface area contributed by atoms with E-state index in [9.17, 15) is 13.2 Å². The number of aliphatic imine (C=N–C) groups is 1. The van der Waals surface area contributed by atoms with Gasteiger partial charge in [0.05, 0.1) is 11.5 Å². The van der Waals surface area contributed by atoms with Crippen molar-refractivity contribution in [2.75, 3.05) is 24.6 Å². The maximum Gasteiger partial charge on any atom is 0.222 e. The Hall–Kier alpha value is -1.82. The summed E-state index contributed by atoms with van der Waals surface area (Å²) < 4.78 is 28.8. The van der Waals surface area contributed by atoms with E-state index in [4.69, 9.17) is 4.42 Å². The molecule has 1 atom stereocenters. The Kier molecular flexibility index (Phi) is 8.95. The van der Waals surface area contributed by atoms with Crippen LogP contribution >= 0.6 is 24.0 Å². The van der Waals surface area contributed by atoms with E-state index < -0.39 is 9.84 Å². The van der Waals surface area contributed by atoms with Crippen molar-refractivity contribution in [2.45, 2.75) is 39.3 Å². The number of amides is 1. The summed E-state index contributed by atoms with van der Waals surface area (Å²) in [5.74, 6) is 1.43. The molecule has 1 fully saturated rings. The number of guanidine groups is 1. The number of carbonyl (C=O) groups is 1. The molecule has 0 radical (unpaired) electrons. The minimum absolute atomic E-state index is 0. The highest BCUT2D eigenvalue weighted by Gasteiger charge is 2.28. The molecule has 1 saturated heterocycles. The zero-order chi connectivity index (χ0) is 20.9. The minimum Gasteiger partial charge on any atom is -0.459 e. The van der Waals surface area contributed by atoms with Crippen molar-refractivity contribution in [3.8, 4) is 0 Å². The Bertz CT molecular complexity index is 1000. The first-order valence-electron chi connectivity index (χ1n) is 9.87. The van der Waals surface area contributed by atoms with Crippen molar-refractivity contribution < 1.29 is 17.6 Å². The van der Waals surface area contributed by atoms with E-state index in [2.05, 4.69) is 20.9 Å². The molecule has 166 valence electrons. The minimum atomic E-state index is -3.00. The number of aryl methyl sites for hydroxylation is 1. The van der Waals surface area contributed by atoms with Crippen LogP contribution in [0.1, 0.15) is 31.1 Å². The summed E-state index contributed by atoms with van der Waals surface area (Å²) in [6, 6.07) is 7.61. The number of hydrogen-bond acceptors (Lipinski definition) is 5. The average Bonchev–Trinajstić information content (AvgIpc) is 3.18. The van der Waals surface area contributed by atoms with Crippen LogP contribution < -0.4 is 16.0 Å². The monoisotopic (exact) mass is 548 g/mol. The first kappa shape index (κ1) is 24.4. The van der Waals surface area contributed by atoms with Gasteiger partial charge in [0.15, 0.2) is 15.8 Å². The zero-order valence-corrected chi connectivity index (χ0v) is 20.4. The van der Waals surface area contributed by atoms with Crippen LogP contribution in [-0.2, 0) is 21.2 Å². The topological polar surface area (TPSA) is 113 Å². The van der Waals surface area contributed by atoms with Gasteiger partial charge in [-0.25, -0.2) is 13.4 Å². The van der Waals surface area contributed by atoms with Gasteiger partial charge < -0.3 is 20.4 Å². The number of nitrogens with zero attached hydrogens (tertiary/aromatic N) is 1. The second-order valence-electron chi connectivity index (χ2n) is 7.19. The summed E-state index contributed by atoms with van der Waals surface area (Å²) in [5, 5.41) is 10.2. The van der Waals surface area contributed by atoms with Crippen LogP contribution in [-0.4, -0.2) is 50.9 Å². The molecule has 30 heavy (non-hydrogen) atoms. The Morgan fingerprint density at radius 2 is 2.03 bits per heavy atom. The lowest BCUT2D eigenvalue weighted by molar-refractivity contribution is -0.121. The molecule has 10 heteroatoms. The molecule has 1 unspecified atom stereocenters. The lowest BCUT2D eigenvalue weighted by Crippen LogP contribution is -2.41. The first-order chi connectivity index (χ1) is 13.9. The van der Waals surface area contributed by atoms with E-state index in [-0.39, 0.29) is 53.9 Å². The maximum atomic E-state index is 12.1. The number of carbonyl (C=O) groups excluding carboxylic acids is 1. The highest BCUT2D eigenvalue weighted by molar-refractivity contribution is 14.0. The van der Waals surface area contributed by atoms with Crippen LogP contribution in [0.15, 0.2) is 33.7 Å². The molecule has 0 spiro atoms. The summed E-state index contributed by atoms with van der Waals surface area (Å²) in [6.45, 7) is 5.47. The van der Waals surface area contributed by atoms with Crippen molar-refractivity contribution in [1.29, 1.82) is 0 Å². The number of rotatable bonds is 7. The molecular weight excluding hydrogens is 519 g/mol. The Balaban J connectivity index is 0.00000320. The molecule has 3 N–H and O–H groups in total. The van der Waals surface area contributed by atoms with Gasteiger partial charge in [-0.1, -0.05) is 18.2 Å². The fraction of sp³-hybridized carbons (Fsp3) is 0.500. The molecule has 0 aliphatic carbocycles. The molecule has 2 aromatic rings. The normalized spacial score (nSPS) is 18.1. The van der Waals surface area contributed by atoms with Crippen LogP contribution in [0.2, 0.25) is 0 Å². The maximum absolute atomic E-state index is 12.1. The van der Waals surface area contributed by atoms with Crippen LogP contribution in [0.5, 0.6) is 0 Å². The smallest absolute Gasteiger partial charge is 0.222 e. The van der Waals surface area contributed by atoms with Crippen molar-refractivity contribution in [3.05, 3.63) is 35.6 Å². The van der Waals surface area contributed by atoms with Gasteiger partial charge in [0.25, 0.3) is 0 Å². The molecule has 8 nitrogen and oxygen atoms in total. The van der Waals surface area contributed by atoms with Gasteiger partial charge in [-0.15, -0.1) is 24.0 Å². The van der Waals surface area contributed by atoms with Crippen molar-refractivity contribution in [3.63, 3.8) is 0 Å². The average molecular weight is 548 g/mol. The zero-order valence-electron chi connectivity index (χ0n) is 17.2. The summed E-state index contributed by atoms with van der Waals surface area (Å²) in [5.41, 5.74) is 1.92. The molecule has 0 bridgehead atoms. The van der Waals surface area contributed by atoms with Gasteiger partial charge in [-0.2, -0.15) is 0 Å². The predicted octanol–water partition coefficient (Wildman–Crippen LogP) is 2.11. The second kappa shape index (κ2) is 11.0. The van der Waals surface area contributed by atoms with Crippen molar-refractivity contribution in [1.82, 2.24) is 16.0 Å². The van der Waals surface area contributed by atoms with E-state index in [1.807, 2.05) is 38.1 Å². The Morgan fingerprint density at radius 3 is 2.70 bits per heavy atom. The Labute approximate surface area is 194 Å². The van der Waals surface area contributed by atoms with Crippen LogP contribution in [0, 0.1) is 6.92 Å². The number of halogens is 1. The van der Waals surface area contributed by atoms with Gasteiger partial charge in [-0.3, -0.25) is 4.79 Å². The van der Waals surface area contributed by atoms with Crippen LogP contribution in [0.3, 0.4) is 0 Å². The van der Waals surface area contributed by atoms with Crippen LogP contribution in [0.4, 0.5) is 0 Å². The number of fused-ring (bicyclic) bond motifs is 1. The fourth-order valence-corrected chi connectivity index (χ4v) is 5.04. The van der Waals surface area contributed by atoms with E-state index in [0.29, 0.717) is 32.0 Å². The number of benzene rings is 1. The number of nitrogens with one attached hydrogen (secondary N) is 3. The van der Waals surface area contributed by atoms with E-state index in [1.165, 1.54) is 0 Å². The van der Waals surface area contributed by atoms with E-state index in [1.54, 1.807) is 0 Å².